The number of nitrogens with zero attached hydrogens (tertiary/aromatic N) is 4. The maximum absolute atomic E-state index is 10.8. The van der Waals surface area contributed by atoms with Crippen molar-refractivity contribution in [3.05, 3.63) is 50.2 Å². The van der Waals surface area contributed by atoms with Crippen LogP contribution in [0.25, 0.3) is 0 Å². The van der Waals surface area contributed by atoms with Crippen molar-refractivity contribution in [1.29, 1.82) is 0 Å². The van der Waals surface area contributed by atoms with Gasteiger partial charge in [-0.15, -0.1) is 0 Å². The summed E-state index contributed by atoms with van der Waals surface area (Å²) in [5.74, 6) is -1.55. The van der Waals surface area contributed by atoms with Crippen molar-refractivity contribution in [2.45, 2.75) is 6.54 Å². The number of carbonyl (C=O) groups is 1. The highest BCUT2D eigenvalue weighted by atomic mass is 79.9. The minimum absolute atomic E-state index is 0.142. The smallest absolute Gasteiger partial charge is 0.478 e. The molecule has 0 saturated carbocycles. The van der Waals surface area contributed by atoms with Gasteiger partial charge in [0.2, 0.25) is 0 Å². The second-order valence-electron chi connectivity index (χ2n) is 3.60. The number of aromatic carboxylic acids is 1. The predicted octanol–water partition coefficient (Wildman–Crippen LogP) is 1.70. The van der Waals surface area contributed by atoms with Crippen LogP contribution in [-0.2, 0) is 6.54 Å². The van der Waals surface area contributed by atoms with E-state index in [0.29, 0.717) is 5.56 Å². The first-order valence-electron chi connectivity index (χ1n) is 5.04. The number of carboxylic acids is 1. The lowest BCUT2D eigenvalue weighted by atomic mass is 10.1. The summed E-state index contributed by atoms with van der Waals surface area (Å²) in [5, 5.41) is 23.1. The maximum Gasteiger partial charge on any atom is 0.492 e. The lowest BCUT2D eigenvalue weighted by Gasteiger charge is -2.00. The van der Waals surface area contributed by atoms with Crippen molar-refractivity contribution in [3.63, 3.8) is 0 Å². The number of hydrogen-bond acceptors (Lipinski definition) is 5. The molecule has 2 aromatic rings. The Kier molecular flexibility index (Phi) is 3.56. The molecule has 0 radical (unpaired) electrons. The first-order chi connectivity index (χ1) is 8.97. The van der Waals surface area contributed by atoms with Gasteiger partial charge in [-0.1, -0.05) is 12.1 Å². The number of rotatable bonds is 4. The fourth-order valence-corrected chi connectivity index (χ4v) is 1.83. The standard InChI is InChI=1S/C10H7BrN4O4/c11-9-12-10(15(18)19)13-14(9)5-6-2-1-3-7(4-6)8(16)17/h1-4H,5H2,(H,16,17). The van der Waals surface area contributed by atoms with E-state index in [-0.39, 0.29) is 16.8 Å². The van der Waals surface area contributed by atoms with Crippen LogP contribution in [0.15, 0.2) is 29.0 Å². The summed E-state index contributed by atoms with van der Waals surface area (Å²) in [5.41, 5.74) is 0.795. The Labute approximate surface area is 115 Å². The average Bonchev–Trinajstić information content (AvgIpc) is 2.71. The van der Waals surface area contributed by atoms with Crippen LogP contribution in [0, 0.1) is 10.1 Å². The topological polar surface area (TPSA) is 111 Å². The Morgan fingerprint density at radius 1 is 1.53 bits per heavy atom. The van der Waals surface area contributed by atoms with Gasteiger partial charge >= 0.3 is 11.9 Å². The van der Waals surface area contributed by atoms with E-state index in [4.69, 9.17) is 5.11 Å². The zero-order valence-electron chi connectivity index (χ0n) is 9.36. The van der Waals surface area contributed by atoms with Gasteiger partial charge in [-0.25, -0.2) is 4.79 Å². The predicted molar refractivity (Wildman–Crippen MR) is 66.9 cm³/mol. The van der Waals surface area contributed by atoms with Crippen molar-refractivity contribution in [3.8, 4) is 0 Å². The zero-order valence-corrected chi connectivity index (χ0v) is 10.9. The van der Waals surface area contributed by atoms with Gasteiger partial charge in [0.15, 0.2) is 0 Å². The van der Waals surface area contributed by atoms with E-state index in [9.17, 15) is 14.9 Å². The van der Waals surface area contributed by atoms with Crippen LogP contribution in [0.1, 0.15) is 15.9 Å². The minimum atomic E-state index is -1.04. The highest BCUT2D eigenvalue weighted by Crippen LogP contribution is 2.15. The lowest BCUT2D eigenvalue weighted by molar-refractivity contribution is -0.394. The molecule has 9 heteroatoms. The van der Waals surface area contributed by atoms with Crippen LogP contribution in [0.5, 0.6) is 0 Å². The van der Waals surface area contributed by atoms with Gasteiger partial charge in [0.05, 0.1) is 12.1 Å². The second-order valence-corrected chi connectivity index (χ2v) is 4.31. The molecule has 0 saturated heterocycles. The van der Waals surface area contributed by atoms with Crippen molar-refractivity contribution < 1.29 is 14.8 Å². The van der Waals surface area contributed by atoms with Crippen molar-refractivity contribution in [2.24, 2.45) is 0 Å². The number of benzene rings is 1. The maximum atomic E-state index is 10.8. The van der Waals surface area contributed by atoms with Gasteiger partial charge in [-0.05, 0) is 27.6 Å². The number of carboxylic acid groups (broad SMARTS) is 1. The highest BCUT2D eigenvalue weighted by molar-refractivity contribution is 9.10. The summed E-state index contributed by atoms with van der Waals surface area (Å²) in [7, 11) is 0. The third-order valence-electron chi connectivity index (χ3n) is 2.28. The molecule has 1 heterocycles. The van der Waals surface area contributed by atoms with Crippen LogP contribution in [-0.4, -0.2) is 30.8 Å². The molecule has 0 amide bonds. The average molecular weight is 327 g/mol. The molecule has 1 aromatic heterocycles. The molecule has 98 valence electrons. The van der Waals surface area contributed by atoms with Crippen LogP contribution in [0.3, 0.4) is 0 Å². The minimum Gasteiger partial charge on any atom is -0.478 e. The van der Waals surface area contributed by atoms with E-state index >= 15 is 0 Å². The normalized spacial score (nSPS) is 10.4. The largest absolute Gasteiger partial charge is 0.492 e. The molecule has 0 fully saturated rings. The Bertz CT molecular complexity index is 655. The summed E-state index contributed by atoms with van der Waals surface area (Å²) in [6.45, 7) is 0.183. The van der Waals surface area contributed by atoms with Gasteiger partial charge in [0.25, 0.3) is 4.73 Å². The molecule has 8 nitrogen and oxygen atoms in total. The molecule has 1 N–H and O–H groups in total. The second kappa shape index (κ2) is 5.14. The summed E-state index contributed by atoms with van der Waals surface area (Å²) in [6, 6.07) is 6.23. The number of aromatic nitrogens is 3. The fourth-order valence-electron chi connectivity index (χ4n) is 1.47. The zero-order chi connectivity index (χ0) is 14.0. The summed E-state index contributed by atoms with van der Waals surface area (Å²) >= 11 is 3.06. The molecular weight excluding hydrogens is 320 g/mol. The van der Waals surface area contributed by atoms with Gasteiger partial charge in [0.1, 0.15) is 0 Å². The Morgan fingerprint density at radius 3 is 2.84 bits per heavy atom. The number of hydrogen-bond donors (Lipinski definition) is 1. The number of halogens is 1. The monoisotopic (exact) mass is 326 g/mol. The SMILES string of the molecule is O=C(O)c1cccc(Cn2nc([N+](=O)[O-])nc2Br)c1. The van der Waals surface area contributed by atoms with Crippen molar-refractivity contribution in [2.75, 3.05) is 0 Å². The van der Waals surface area contributed by atoms with Crippen LogP contribution < -0.4 is 0 Å². The van der Waals surface area contributed by atoms with Crippen LogP contribution >= 0.6 is 15.9 Å². The molecular formula is C10H7BrN4O4. The molecule has 2 rings (SSSR count). The first kappa shape index (κ1) is 13.1. The third kappa shape index (κ3) is 2.94. The molecule has 0 aliphatic heterocycles. The lowest BCUT2D eigenvalue weighted by Crippen LogP contribution is -2.04. The van der Waals surface area contributed by atoms with E-state index in [1.807, 2.05) is 0 Å². The summed E-state index contributed by atoms with van der Waals surface area (Å²) in [4.78, 5) is 24.3. The number of nitro groups is 1. The van der Waals surface area contributed by atoms with Gasteiger partial charge in [-0.2, -0.15) is 4.68 Å². The molecule has 0 spiro atoms. The van der Waals surface area contributed by atoms with E-state index < -0.39 is 16.8 Å². The molecule has 0 unspecified atom stereocenters. The Hall–Kier alpha value is -2.29. The molecule has 0 aliphatic rings. The summed E-state index contributed by atoms with van der Waals surface area (Å²) in [6.07, 6.45) is 0. The third-order valence-corrected chi connectivity index (χ3v) is 2.87. The molecule has 0 atom stereocenters. The molecule has 0 bridgehead atoms. The van der Waals surface area contributed by atoms with E-state index in [0.717, 1.165) is 0 Å². The molecule has 0 aliphatic carbocycles. The van der Waals surface area contributed by atoms with Crippen LogP contribution in [0.2, 0.25) is 0 Å². The van der Waals surface area contributed by atoms with Gasteiger partial charge in [-0.3, -0.25) is 0 Å². The van der Waals surface area contributed by atoms with Gasteiger partial charge < -0.3 is 15.2 Å². The molecule has 1 aromatic carbocycles. The Balaban J connectivity index is 2.28. The van der Waals surface area contributed by atoms with Gasteiger partial charge in [0, 0.05) is 21.0 Å². The van der Waals surface area contributed by atoms with Crippen molar-refractivity contribution in [1.82, 2.24) is 14.8 Å². The Morgan fingerprint density at radius 2 is 2.26 bits per heavy atom. The molecule has 19 heavy (non-hydrogen) atoms. The van der Waals surface area contributed by atoms with E-state index in [2.05, 4.69) is 26.0 Å². The van der Waals surface area contributed by atoms with E-state index in [1.54, 1.807) is 12.1 Å². The highest BCUT2D eigenvalue weighted by Gasteiger charge is 2.19. The van der Waals surface area contributed by atoms with E-state index in [1.165, 1.54) is 16.8 Å². The van der Waals surface area contributed by atoms with Crippen molar-refractivity contribution >= 4 is 27.8 Å². The van der Waals surface area contributed by atoms with Crippen LogP contribution in [0.4, 0.5) is 5.95 Å². The summed E-state index contributed by atoms with van der Waals surface area (Å²) < 4.78 is 1.49. The quantitative estimate of drug-likeness (QED) is 0.676. The first-order valence-corrected chi connectivity index (χ1v) is 5.83. The fraction of sp³-hybridized carbons (Fsp3) is 0.100.